The standard InChI is InChI=1S/C8H12N2O2/c1-4-5-8(9-6(2)11)10-7(3)12/h4-5H,1-3H3,(H,9,10,11,12)/b5-4-. The normalized spacial score (nSPS) is 11.8. The zero-order valence-electron chi connectivity index (χ0n) is 7.42. The van der Waals surface area contributed by atoms with Crippen LogP contribution < -0.4 is 5.32 Å². The van der Waals surface area contributed by atoms with Crippen LogP contribution in [-0.2, 0) is 9.59 Å². The van der Waals surface area contributed by atoms with Crippen LogP contribution in [0.1, 0.15) is 20.8 Å². The highest BCUT2D eigenvalue weighted by Crippen LogP contribution is 1.81. The van der Waals surface area contributed by atoms with Crippen molar-refractivity contribution in [3.8, 4) is 0 Å². The third-order valence-electron chi connectivity index (χ3n) is 0.907. The fourth-order valence-electron chi connectivity index (χ4n) is 0.615. The lowest BCUT2D eigenvalue weighted by molar-refractivity contribution is -0.117. The molecule has 0 radical (unpaired) electrons. The van der Waals surface area contributed by atoms with E-state index in [2.05, 4.69) is 10.3 Å². The molecule has 0 aromatic carbocycles. The first-order valence-corrected chi connectivity index (χ1v) is 3.55. The van der Waals surface area contributed by atoms with Crippen molar-refractivity contribution in [2.75, 3.05) is 0 Å². The number of aliphatic imine (C=N–C) groups is 1. The highest BCUT2D eigenvalue weighted by molar-refractivity contribution is 6.07. The van der Waals surface area contributed by atoms with Crippen molar-refractivity contribution in [1.29, 1.82) is 0 Å². The van der Waals surface area contributed by atoms with Crippen molar-refractivity contribution in [3.05, 3.63) is 12.2 Å². The molecule has 66 valence electrons. The molecule has 0 aliphatic rings. The third-order valence-corrected chi connectivity index (χ3v) is 0.907. The molecule has 4 nitrogen and oxygen atoms in total. The Labute approximate surface area is 71.4 Å². The summed E-state index contributed by atoms with van der Waals surface area (Å²) < 4.78 is 0. The van der Waals surface area contributed by atoms with Gasteiger partial charge < -0.3 is 5.32 Å². The van der Waals surface area contributed by atoms with Gasteiger partial charge in [0.2, 0.25) is 11.8 Å². The largest absolute Gasteiger partial charge is 0.311 e. The molecule has 0 rings (SSSR count). The lowest BCUT2D eigenvalue weighted by Crippen LogP contribution is -2.27. The molecular weight excluding hydrogens is 156 g/mol. The molecule has 4 heteroatoms. The maximum absolute atomic E-state index is 10.6. The zero-order valence-corrected chi connectivity index (χ0v) is 7.42. The van der Waals surface area contributed by atoms with Crippen LogP contribution in [0.4, 0.5) is 0 Å². The summed E-state index contributed by atoms with van der Waals surface area (Å²) in [5.41, 5.74) is 0. The number of hydrogen-bond donors (Lipinski definition) is 1. The summed E-state index contributed by atoms with van der Waals surface area (Å²) in [7, 11) is 0. The molecule has 0 aliphatic carbocycles. The monoisotopic (exact) mass is 168 g/mol. The van der Waals surface area contributed by atoms with E-state index in [1.165, 1.54) is 13.8 Å². The van der Waals surface area contributed by atoms with E-state index in [0.717, 1.165) is 0 Å². The van der Waals surface area contributed by atoms with Gasteiger partial charge in [-0.2, -0.15) is 4.99 Å². The van der Waals surface area contributed by atoms with Crippen molar-refractivity contribution in [2.24, 2.45) is 4.99 Å². The van der Waals surface area contributed by atoms with Gasteiger partial charge in [-0.1, -0.05) is 6.08 Å². The van der Waals surface area contributed by atoms with Crippen LogP contribution in [-0.4, -0.2) is 17.6 Å². The smallest absolute Gasteiger partial charge is 0.244 e. The lowest BCUT2D eigenvalue weighted by atomic mass is 10.4. The predicted molar refractivity (Wildman–Crippen MR) is 46.7 cm³/mol. The van der Waals surface area contributed by atoms with Gasteiger partial charge in [-0.25, -0.2) is 0 Å². The molecule has 0 saturated carbocycles. The summed E-state index contributed by atoms with van der Waals surface area (Å²) in [4.78, 5) is 24.7. The Morgan fingerprint density at radius 2 is 1.92 bits per heavy atom. The van der Waals surface area contributed by atoms with Crippen molar-refractivity contribution >= 4 is 17.6 Å². The van der Waals surface area contributed by atoms with Crippen molar-refractivity contribution in [2.45, 2.75) is 20.8 Å². The Bertz CT molecular complexity index is 241. The number of amidine groups is 1. The molecule has 1 N–H and O–H groups in total. The van der Waals surface area contributed by atoms with E-state index in [9.17, 15) is 9.59 Å². The molecule has 0 saturated heterocycles. The Kier molecular flexibility index (Phi) is 4.60. The Hall–Kier alpha value is -1.45. The average Bonchev–Trinajstić information content (AvgIpc) is 1.84. The number of hydrogen-bond acceptors (Lipinski definition) is 2. The first-order valence-electron chi connectivity index (χ1n) is 3.55. The number of rotatable bonds is 1. The fourth-order valence-corrected chi connectivity index (χ4v) is 0.615. The number of nitrogens with one attached hydrogen (secondary N) is 1. The van der Waals surface area contributed by atoms with Crippen LogP contribution >= 0.6 is 0 Å². The van der Waals surface area contributed by atoms with Crippen LogP contribution in [0.2, 0.25) is 0 Å². The molecule has 0 aromatic heterocycles. The summed E-state index contributed by atoms with van der Waals surface area (Å²) in [6.07, 6.45) is 3.25. The summed E-state index contributed by atoms with van der Waals surface area (Å²) >= 11 is 0. The maximum Gasteiger partial charge on any atom is 0.244 e. The van der Waals surface area contributed by atoms with Gasteiger partial charge >= 0.3 is 0 Å². The highest BCUT2D eigenvalue weighted by atomic mass is 16.2. The zero-order chi connectivity index (χ0) is 9.56. The second-order valence-corrected chi connectivity index (χ2v) is 2.20. The van der Waals surface area contributed by atoms with Gasteiger partial charge in [-0.15, -0.1) is 0 Å². The van der Waals surface area contributed by atoms with Crippen LogP contribution in [0.25, 0.3) is 0 Å². The van der Waals surface area contributed by atoms with Gasteiger partial charge in [0.05, 0.1) is 0 Å². The minimum atomic E-state index is -0.336. The van der Waals surface area contributed by atoms with Gasteiger partial charge in [0.15, 0.2) is 0 Å². The molecular formula is C8H12N2O2. The van der Waals surface area contributed by atoms with Crippen molar-refractivity contribution in [3.63, 3.8) is 0 Å². The molecule has 12 heavy (non-hydrogen) atoms. The fraction of sp³-hybridized carbons (Fsp3) is 0.375. The van der Waals surface area contributed by atoms with E-state index in [1.807, 2.05) is 0 Å². The Morgan fingerprint density at radius 3 is 2.25 bits per heavy atom. The van der Waals surface area contributed by atoms with Gasteiger partial charge in [-0.3, -0.25) is 9.59 Å². The number of allylic oxidation sites excluding steroid dienone is 1. The number of carbonyl (C=O) groups excluding carboxylic acids is 2. The maximum atomic E-state index is 10.6. The van der Waals surface area contributed by atoms with Crippen molar-refractivity contribution in [1.82, 2.24) is 5.32 Å². The van der Waals surface area contributed by atoms with Crippen LogP contribution in [0, 0.1) is 0 Å². The number of amides is 2. The van der Waals surface area contributed by atoms with Crippen LogP contribution in [0.3, 0.4) is 0 Å². The molecule has 0 fully saturated rings. The van der Waals surface area contributed by atoms with E-state index < -0.39 is 0 Å². The Morgan fingerprint density at radius 1 is 1.33 bits per heavy atom. The van der Waals surface area contributed by atoms with Gasteiger partial charge in [0, 0.05) is 13.8 Å². The summed E-state index contributed by atoms with van der Waals surface area (Å²) in [6, 6.07) is 0. The van der Waals surface area contributed by atoms with E-state index in [-0.39, 0.29) is 17.6 Å². The van der Waals surface area contributed by atoms with Gasteiger partial charge in [0.25, 0.3) is 0 Å². The Balaban J connectivity index is 4.43. The second kappa shape index (κ2) is 5.23. The van der Waals surface area contributed by atoms with E-state index in [0.29, 0.717) is 0 Å². The summed E-state index contributed by atoms with van der Waals surface area (Å²) in [5.74, 6) is -0.303. The molecule has 0 atom stereocenters. The molecule has 0 aliphatic heterocycles. The first kappa shape index (κ1) is 10.6. The quantitative estimate of drug-likeness (QED) is 0.461. The van der Waals surface area contributed by atoms with Crippen LogP contribution in [0.15, 0.2) is 17.1 Å². The topological polar surface area (TPSA) is 58.5 Å². The predicted octanol–water partition coefficient (Wildman–Crippen LogP) is 0.644. The molecule has 0 spiro atoms. The van der Waals surface area contributed by atoms with Crippen LogP contribution in [0.5, 0.6) is 0 Å². The van der Waals surface area contributed by atoms with Gasteiger partial charge in [-0.05, 0) is 13.0 Å². The minimum Gasteiger partial charge on any atom is -0.311 e. The molecule has 0 unspecified atom stereocenters. The van der Waals surface area contributed by atoms with Gasteiger partial charge in [0.1, 0.15) is 5.84 Å². The molecule has 2 amide bonds. The average molecular weight is 168 g/mol. The van der Waals surface area contributed by atoms with Crippen molar-refractivity contribution < 1.29 is 9.59 Å². The summed E-state index contributed by atoms with van der Waals surface area (Å²) in [6.45, 7) is 4.46. The van der Waals surface area contributed by atoms with E-state index in [4.69, 9.17) is 0 Å². The SMILES string of the molecule is C/C=C\C(=N/C(C)=O)NC(C)=O. The molecule has 0 heterocycles. The van der Waals surface area contributed by atoms with E-state index in [1.54, 1.807) is 19.1 Å². The second-order valence-electron chi connectivity index (χ2n) is 2.20. The highest BCUT2D eigenvalue weighted by Gasteiger charge is 1.97. The summed E-state index contributed by atoms with van der Waals surface area (Å²) in [5, 5.41) is 2.42. The third kappa shape index (κ3) is 5.34. The molecule has 0 bridgehead atoms. The first-order chi connectivity index (χ1) is 5.56. The number of carbonyl (C=O) groups is 2. The number of nitrogens with zero attached hydrogens (tertiary/aromatic N) is 1. The molecule has 0 aromatic rings. The van der Waals surface area contributed by atoms with E-state index >= 15 is 0 Å². The lowest BCUT2D eigenvalue weighted by Gasteiger charge is -1.98. The minimum absolute atomic E-state index is 0.242.